The second-order valence-corrected chi connectivity index (χ2v) is 10.5. The number of ether oxygens (including phenoxy) is 1. The SMILES string of the molecule is CCCCOC(=O)CCCCCN1CC(C(C)(C)C)NN1C1CCCCCCCC1. The molecule has 1 unspecified atom stereocenters. The number of carbonyl (C=O) groups is 1. The van der Waals surface area contributed by atoms with Crippen molar-refractivity contribution >= 4 is 5.97 Å². The molecule has 2 rings (SSSR count). The fourth-order valence-electron chi connectivity index (χ4n) is 4.58. The highest BCUT2D eigenvalue weighted by Crippen LogP contribution is 2.29. The molecule has 0 aromatic heterocycles. The van der Waals surface area contributed by atoms with Crippen molar-refractivity contribution in [2.45, 2.75) is 130 Å². The van der Waals surface area contributed by atoms with Crippen LogP contribution in [0.2, 0.25) is 0 Å². The predicted octanol–water partition coefficient (Wildman–Crippen LogP) is 5.85. The van der Waals surface area contributed by atoms with Crippen LogP contribution in [-0.2, 0) is 9.53 Å². The van der Waals surface area contributed by atoms with Crippen LogP contribution in [-0.4, -0.2) is 47.9 Å². The van der Waals surface area contributed by atoms with Gasteiger partial charge in [0, 0.05) is 31.6 Å². The largest absolute Gasteiger partial charge is 0.466 e. The van der Waals surface area contributed by atoms with E-state index in [1.54, 1.807) is 0 Å². The third-order valence-corrected chi connectivity index (χ3v) is 6.76. The van der Waals surface area contributed by atoms with Crippen LogP contribution in [0.15, 0.2) is 0 Å². The Morgan fingerprint density at radius 3 is 2.27 bits per heavy atom. The summed E-state index contributed by atoms with van der Waals surface area (Å²) >= 11 is 0. The average Bonchev–Trinajstić information content (AvgIpc) is 3.17. The van der Waals surface area contributed by atoms with E-state index in [1.807, 2.05) is 0 Å². The molecule has 0 radical (unpaired) electrons. The quantitative estimate of drug-likeness (QED) is 0.353. The molecule has 2 aliphatic rings. The van der Waals surface area contributed by atoms with Crippen LogP contribution >= 0.6 is 0 Å². The summed E-state index contributed by atoms with van der Waals surface area (Å²) in [6.07, 6.45) is 16.7. The van der Waals surface area contributed by atoms with E-state index in [0.717, 1.165) is 45.2 Å². The van der Waals surface area contributed by atoms with Gasteiger partial charge in [0.2, 0.25) is 0 Å². The Balaban J connectivity index is 1.80. The van der Waals surface area contributed by atoms with Crippen LogP contribution in [0.25, 0.3) is 0 Å². The van der Waals surface area contributed by atoms with E-state index >= 15 is 0 Å². The summed E-state index contributed by atoms with van der Waals surface area (Å²) in [5.41, 5.74) is 4.15. The molecule has 1 atom stereocenters. The monoisotopic (exact) mass is 423 g/mol. The van der Waals surface area contributed by atoms with Gasteiger partial charge >= 0.3 is 5.97 Å². The minimum atomic E-state index is -0.0219. The lowest BCUT2D eigenvalue weighted by Crippen LogP contribution is -2.51. The smallest absolute Gasteiger partial charge is 0.305 e. The van der Waals surface area contributed by atoms with Crippen LogP contribution < -0.4 is 5.43 Å². The molecule has 1 aliphatic heterocycles. The van der Waals surface area contributed by atoms with Gasteiger partial charge in [-0.1, -0.05) is 79.1 Å². The van der Waals surface area contributed by atoms with Gasteiger partial charge in [-0.05, 0) is 37.5 Å². The van der Waals surface area contributed by atoms with E-state index in [0.29, 0.717) is 25.1 Å². The Morgan fingerprint density at radius 2 is 1.63 bits per heavy atom. The molecule has 1 N–H and O–H groups in total. The third kappa shape index (κ3) is 9.23. The summed E-state index contributed by atoms with van der Waals surface area (Å²) in [7, 11) is 0. The first kappa shape index (κ1) is 25.6. The van der Waals surface area contributed by atoms with Gasteiger partial charge in [-0.3, -0.25) is 4.79 Å². The Bertz CT molecular complexity index is 468. The fourth-order valence-corrected chi connectivity index (χ4v) is 4.58. The van der Waals surface area contributed by atoms with Crippen molar-refractivity contribution in [1.82, 2.24) is 15.6 Å². The molecule has 176 valence electrons. The molecule has 1 aliphatic carbocycles. The van der Waals surface area contributed by atoms with Gasteiger partial charge in [0.1, 0.15) is 0 Å². The number of hydrogen-bond acceptors (Lipinski definition) is 5. The highest BCUT2D eigenvalue weighted by Gasteiger charge is 2.39. The van der Waals surface area contributed by atoms with E-state index in [9.17, 15) is 4.79 Å². The lowest BCUT2D eigenvalue weighted by molar-refractivity contribution is -0.143. The van der Waals surface area contributed by atoms with Crippen molar-refractivity contribution in [3.05, 3.63) is 0 Å². The number of hydrazine groups is 2. The highest BCUT2D eigenvalue weighted by molar-refractivity contribution is 5.69. The second kappa shape index (κ2) is 13.7. The second-order valence-electron chi connectivity index (χ2n) is 10.5. The van der Waals surface area contributed by atoms with Gasteiger partial charge in [-0.15, -0.1) is 0 Å². The summed E-state index contributed by atoms with van der Waals surface area (Å²) in [6.45, 7) is 11.9. The molecule has 1 saturated heterocycles. The van der Waals surface area contributed by atoms with Crippen molar-refractivity contribution in [2.24, 2.45) is 5.41 Å². The van der Waals surface area contributed by atoms with Gasteiger partial charge in [-0.25, -0.2) is 10.4 Å². The molecule has 1 saturated carbocycles. The van der Waals surface area contributed by atoms with E-state index in [4.69, 9.17) is 4.74 Å². The molecule has 0 aromatic carbocycles. The third-order valence-electron chi connectivity index (χ3n) is 6.76. The van der Waals surface area contributed by atoms with E-state index in [-0.39, 0.29) is 11.4 Å². The Kier molecular flexibility index (Phi) is 11.7. The van der Waals surface area contributed by atoms with Gasteiger partial charge in [-0.2, -0.15) is 5.12 Å². The molecule has 1 heterocycles. The summed E-state index contributed by atoms with van der Waals surface area (Å²) in [5.74, 6) is -0.0219. The maximum absolute atomic E-state index is 11.8. The number of rotatable bonds is 10. The van der Waals surface area contributed by atoms with Crippen molar-refractivity contribution in [3.63, 3.8) is 0 Å². The maximum Gasteiger partial charge on any atom is 0.305 e. The van der Waals surface area contributed by atoms with E-state index in [1.165, 1.54) is 51.4 Å². The van der Waals surface area contributed by atoms with Gasteiger partial charge in [0.15, 0.2) is 0 Å². The van der Waals surface area contributed by atoms with Crippen LogP contribution in [0.3, 0.4) is 0 Å². The number of carbonyl (C=O) groups excluding carboxylic acids is 1. The minimum absolute atomic E-state index is 0.0219. The zero-order valence-electron chi connectivity index (χ0n) is 20.4. The molecule has 0 aromatic rings. The molecule has 0 spiro atoms. The fraction of sp³-hybridized carbons (Fsp3) is 0.960. The molecular formula is C25H49N3O2. The Morgan fingerprint density at radius 1 is 0.967 bits per heavy atom. The zero-order chi connectivity index (χ0) is 21.8. The molecule has 30 heavy (non-hydrogen) atoms. The number of nitrogens with zero attached hydrogens (tertiary/aromatic N) is 2. The van der Waals surface area contributed by atoms with Gasteiger partial charge < -0.3 is 4.74 Å². The summed E-state index contributed by atoms with van der Waals surface area (Å²) < 4.78 is 5.27. The first-order chi connectivity index (χ1) is 14.4. The standard InChI is InChI=1S/C25H49N3O2/c1-5-6-20-30-24(29)18-14-11-15-19-27-21-23(25(2,3)4)26-28(27)22-16-12-9-7-8-10-13-17-22/h22-23,26H,5-21H2,1-4H3. The lowest BCUT2D eigenvalue weighted by atomic mass is 9.87. The molecule has 0 amide bonds. The van der Waals surface area contributed by atoms with Crippen LogP contribution in [0.5, 0.6) is 0 Å². The lowest BCUT2D eigenvalue weighted by Gasteiger charge is -2.35. The van der Waals surface area contributed by atoms with E-state index < -0.39 is 0 Å². The first-order valence-corrected chi connectivity index (χ1v) is 12.9. The molecule has 5 nitrogen and oxygen atoms in total. The summed E-state index contributed by atoms with van der Waals surface area (Å²) in [6, 6.07) is 1.13. The average molecular weight is 424 g/mol. The highest BCUT2D eigenvalue weighted by atomic mass is 16.5. The van der Waals surface area contributed by atoms with Crippen molar-refractivity contribution < 1.29 is 9.53 Å². The van der Waals surface area contributed by atoms with E-state index in [2.05, 4.69) is 43.2 Å². The molecule has 0 bridgehead atoms. The topological polar surface area (TPSA) is 44.8 Å². The zero-order valence-corrected chi connectivity index (χ0v) is 20.4. The van der Waals surface area contributed by atoms with Gasteiger partial charge in [0.25, 0.3) is 0 Å². The molecule has 2 fully saturated rings. The normalized spacial score (nSPS) is 23.1. The number of unbranched alkanes of at least 4 members (excludes halogenated alkanes) is 3. The van der Waals surface area contributed by atoms with Crippen LogP contribution in [0.4, 0.5) is 0 Å². The predicted molar refractivity (Wildman–Crippen MR) is 125 cm³/mol. The Labute approximate surface area is 186 Å². The van der Waals surface area contributed by atoms with Gasteiger partial charge in [0.05, 0.1) is 6.61 Å². The summed E-state index contributed by atoms with van der Waals surface area (Å²) in [4.78, 5) is 11.8. The number of nitrogens with one attached hydrogen (secondary N) is 1. The van der Waals surface area contributed by atoms with Crippen LogP contribution in [0, 0.1) is 5.41 Å². The van der Waals surface area contributed by atoms with Crippen molar-refractivity contribution in [3.8, 4) is 0 Å². The number of esters is 1. The van der Waals surface area contributed by atoms with Crippen molar-refractivity contribution in [1.29, 1.82) is 0 Å². The van der Waals surface area contributed by atoms with Crippen molar-refractivity contribution in [2.75, 3.05) is 19.7 Å². The molecular weight excluding hydrogens is 374 g/mol. The number of hydrogen-bond donors (Lipinski definition) is 1. The Hall–Kier alpha value is -0.650. The first-order valence-electron chi connectivity index (χ1n) is 12.9. The molecule has 5 heteroatoms. The van der Waals surface area contributed by atoms with Crippen LogP contribution in [0.1, 0.15) is 118 Å². The maximum atomic E-state index is 11.8. The minimum Gasteiger partial charge on any atom is -0.466 e. The summed E-state index contributed by atoms with van der Waals surface area (Å²) in [5, 5.41) is 5.11.